The van der Waals surface area contributed by atoms with Gasteiger partial charge in [-0.2, -0.15) is 0 Å². The number of nitrogens with zero attached hydrogens (tertiary/aromatic N) is 2. The quantitative estimate of drug-likeness (QED) is 0.885. The van der Waals surface area contributed by atoms with Crippen molar-refractivity contribution in [1.82, 2.24) is 9.97 Å². The summed E-state index contributed by atoms with van der Waals surface area (Å²) in [6, 6.07) is 1.81. The highest BCUT2D eigenvalue weighted by Gasteiger charge is 2.45. The number of aromatic nitrogens is 2. The molecule has 1 aromatic rings. The van der Waals surface area contributed by atoms with Gasteiger partial charge in [0, 0.05) is 23.7 Å². The molecule has 1 aliphatic rings. The van der Waals surface area contributed by atoms with Crippen LogP contribution in [0.15, 0.2) is 6.07 Å². The van der Waals surface area contributed by atoms with Crippen LogP contribution in [0.4, 0.5) is 5.82 Å². The van der Waals surface area contributed by atoms with Crippen molar-refractivity contribution in [2.45, 2.75) is 58.9 Å². The van der Waals surface area contributed by atoms with Crippen molar-refractivity contribution in [1.29, 1.82) is 0 Å². The van der Waals surface area contributed by atoms with E-state index in [1.807, 2.05) is 19.9 Å². The average Bonchev–Trinajstić information content (AvgIpc) is 2.71. The number of carboxylic acid groups (broad SMARTS) is 1. The number of hydrogen-bond acceptors (Lipinski definition) is 4. The number of carbonyl (C=O) groups is 1. The van der Waals surface area contributed by atoms with E-state index in [2.05, 4.69) is 29.1 Å². The second kappa shape index (κ2) is 5.38. The van der Waals surface area contributed by atoms with E-state index in [4.69, 9.17) is 0 Å². The van der Waals surface area contributed by atoms with Gasteiger partial charge in [0.2, 0.25) is 0 Å². The van der Waals surface area contributed by atoms with Crippen LogP contribution in [0.5, 0.6) is 0 Å². The van der Waals surface area contributed by atoms with Crippen LogP contribution in [0.25, 0.3) is 0 Å². The summed E-state index contributed by atoms with van der Waals surface area (Å²) >= 11 is 0. The van der Waals surface area contributed by atoms with Crippen LogP contribution in [-0.2, 0) is 4.79 Å². The lowest BCUT2D eigenvalue weighted by atomic mass is 9.85. The molecule has 20 heavy (non-hydrogen) atoms. The van der Waals surface area contributed by atoms with Crippen LogP contribution in [0.1, 0.15) is 57.5 Å². The second-order valence-corrected chi connectivity index (χ2v) is 6.22. The van der Waals surface area contributed by atoms with Crippen molar-refractivity contribution < 1.29 is 9.90 Å². The first-order valence-electron chi connectivity index (χ1n) is 7.18. The minimum Gasteiger partial charge on any atom is -0.481 e. The van der Waals surface area contributed by atoms with Gasteiger partial charge in [-0.1, -0.05) is 20.3 Å². The molecule has 2 rings (SSSR count). The third kappa shape index (κ3) is 2.76. The summed E-state index contributed by atoms with van der Waals surface area (Å²) in [4.78, 5) is 20.4. The zero-order chi connectivity index (χ0) is 14.9. The summed E-state index contributed by atoms with van der Waals surface area (Å²) in [7, 11) is 0. The average molecular weight is 277 g/mol. The summed E-state index contributed by atoms with van der Waals surface area (Å²) in [6.45, 7) is 7.85. The summed E-state index contributed by atoms with van der Waals surface area (Å²) < 4.78 is 0. The van der Waals surface area contributed by atoms with E-state index in [1.54, 1.807) is 0 Å². The van der Waals surface area contributed by atoms with Crippen molar-refractivity contribution in [3.63, 3.8) is 0 Å². The van der Waals surface area contributed by atoms with Gasteiger partial charge in [-0.15, -0.1) is 0 Å². The summed E-state index contributed by atoms with van der Waals surface area (Å²) in [6.07, 6.45) is 2.51. The molecule has 0 radical (unpaired) electrons. The van der Waals surface area contributed by atoms with Gasteiger partial charge in [-0.05, 0) is 26.7 Å². The molecule has 0 bridgehead atoms. The summed E-state index contributed by atoms with van der Waals surface area (Å²) in [5, 5.41) is 12.8. The van der Waals surface area contributed by atoms with E-state index in [9.17, 15) is 9.90 Å². The Balaban J connectivity index is 2.24. The van der Waals surface area contributed by atoms with E-state index < -0.39 is 11.4 Å². The number of aliphatic carboxylic acids is 1. The zero-order valence-electron chi connectivity index (χ0n) is 12.6. The lowest BCUT2D eigenvalue weighted by Crippen LogP contribution is -2.40. The van der Waals surface area contributed by atoms with Crippen molar-refractivity contribution in [3.05, 3.63) is 17.6 Å². The van der Waals surface area contributed by atoms with Crippen molar-refractivity contribution in [2.75, 3.05) is 5.32 Å². The number of carboxylic acids is 1. The lowest BCUT2D eigenvalue weighted by molar-refractivity contribution is -0.147. The number of hydrogen-bond donors (Lipinski definition) is 2. The maximum atomic E-state index is 11.5. The van der Waals surface area contributed by atoms with Gasteiger partial charge in [0.25, 0.3) is 0 Å². The fourth-order valence-corrected chi connectivity index (χ4v) is 2.76. The third-order valence-corrected chi connectivity index (χ3v) is 4.16. The van der Waals surface area contributed by atoms with Gasteiger partial charge >= 0.3 is 5.97 Å². The predicted octanol–water partition coefficient (Wildman–Crippen LogP) is 2.96. The monoisotopic (exact) mass is 277 g/mol. The van der Waals surface area contributed by atoms with Crippen molar-refractivity contribution in [3.8, 4) is 0 Å². The Labute approximate surface area is 119 Å². The summed E-state index contributed by atoms with van der Waals surface area (Å²) in [5.41, 5.74) is 0.192. The molecule has 1 aromatic heterocycles. The Bertz CT molecular complexity index is 516. The third-order valence-electron chi connectivity index (χ3n) is 4.16. The number of rotatable bonds is 4. The first-order chi connectivity index (χ1) is 9.33. The van der Waals surface area contributed by atoms with Crippen LogP contribution in [-0.4, -0.2) is 27.1 Å². The molecule has 0 aliphatic heterocycles. The fraction of sp³-hybridized carbons (Fsp3) is 0.667. The molecular weight excluding hydrogens is 254 g/mol. The molecule has 5 nitrogen and oxygen atoms in total. The molecule has 110 valence electrons. The molecule has 1 saturated carbocycles. The molecule has 0 saturated heterocycles. The Morgan fingerprint density at radius 2 is 2.20 bits per heavy atom. The highest BCUT2D eigenvalue weighted by atomic mass is 16.4. The molecule has 1 fully saturated rings. The Hall–Kier alpha value is -1.65. The van der Waals surface area contributed by atoms with Crippen molar-refractivity contribution in [2.24, 2.45) is 5.41 Å². The number of aryl methyl sites for hydroxylation is 1. The molecular formula is C15H23N3O2. The predicted molar refractivity (Wildman–Crippen MR) is 77.9 cm³/mol. The van der Waals surface area contributed by atoms with E-state index in [0.717, 1.165) is 30.2 Å². The molecule has 0 aromatic carbocycles. The highest BCUT2D eigenvalue weighted by molar-refractivity contribution is 5.76. The van der Waals surface area contributed by atoms with Crippen LogP contribution in [0.2, 0.25) is 0 Å². The van der Waals surface area contributed by atoms with E-state index in [0.29, 0.717) is 6.42 Å². The second-order valence-electron chi connectivity index (χ2n) is 6.22. The minimum atomic E-state index is -0.734. The van der Waals surface area contributed by atoms with Gasteiger partial charge in [0.15, 0.2) is 0 Å². The van der Waals surface area contributed by atoms with Crippen LogP contribution < -0.4 is 5.32 Å². The van der Waals surface area contributed by atoms with E-state index in [1.165, 1.54) is 0 Å². The van der Waals surface area contributed by atoms with E-state index >= 15 is 0 Å². The van der Waals surface area contributed by atoms with Gasteiger partial charge in [0.05, 0.1) is 5.41 Å². The maximum absolute atomic E-state index is 11.5. The molecule has 0 amide bonds. The molecule has 5 heteroatoms. The maximum Gasteiger partial charge on any atom is 0.311 e. The van der Waals surface area contributed by atoms with Gasteiger partial charge in [-0.25, -0.2) is 9.97 Å². The lowest BCUT2D eigenvalue weighted by Gasteiger charge is -2.28. The largest absolute Gasteiger partial charge is 0.481 e. The van der Waals surface area contributed by atoms with Crippen LogP contribution in [0.3, 0.4) is 0 Å². The standard InChI is InChI=1S/C15H23N3O2/c1-9(2)13-16-10(3)8-12(18-13)17-11-6-5-7-15(11,4)14(19)20/h8-9,11H,5-7H2,1-4H3,(H,19,20)(H,16,17,18). The molecule has 1 heterocycles. The smallest absolute Gasteiger partial charge is 0.311 e. The van der Waals surface area contributed by atoms with Crippen molar-refractivity contribution >= 4 is 11.8 Å². The first kappa shape index (κ1) is 14.8. The fourth-order valence-electron chi connectivity index (χ4n) is 2.76. The highest BCUT2D eigenvalue weighted by Crippen LogP contribution is 2.39. The first-order valence-corrected chi connectivity index (χ1v) is 7.18. The Morgan fingerprint density at radius 3 is 2.80 bits per heavy atom. The number of nitrogens with one attached hydrogen (secondary N) is 1. The molecule has 2 N–H and O–H groups in total. The Morgan fingerprint density at radius 1 is 1.50 bits per heavy atom. The van der Waals surface area contributed by atoms with E-state index in [-0.39, 0.29) is 12.0 Å². The minimum absolute atomic E-state index is 0.0747. The number of anilines is 1. The van der Waals surface area contributed by atoms with Crippen LogP contribution >= 0.6 is 0 Å². The summed E-state index contributed by atoms with van der Waals surface area (Å²) in [5.74, 6) is 1.05. The van der Waals surface area contributed by atoms with Gasteiger partial charge in [-0.3, -0.25) is 4.79 Å². The van der Waals surface area contributed by atoms with Gasteiger partial charge in [0.1, 0.15) is 11.6 Å². The van der Waals surface area contributed by atoms with Gasteiger partial charge < -0.3 is 10.4 Å². The molecule has 1 aliphatic carbocycles. The Kier molecular flexibility index (Phi) is 3.97. The molecule has 2 atom stereocenters. The topological polar surface area (TPSA) is 75.1 Å². The molecule has 2 unspecified atom stereocenters. The SMILES string of the molecule is Cc1cc(NC2CCCC2(C)C(=O)O)nc(C(C)C)n1. The molecule has 0 spiro atoms. The normalized spacial score (nSPS) is 25.9. The zero-order valence-corrected chi connectivity index (χ0v) is 12.6. The van der Waals surface area contributed by atoms with Crippen LogP contribution in [0, 0.1) is 12.3 Å².